The number of hydrogen-bond donors (Lipinski definition) is 2. The molecule has 0 saturated heterocycles. The second-order valence-electron chi connectivity index (χ2n) is 5.64. The van der Waals surface area contributed by atoms with Crippen molar-refractivity contribution in [3.05, 3.63) is 0 Å². The maximum Gasteiger partial charge on any atom is 0.212 e. The van der Waals surface area contributed by atoms with Gasteiger partial charge in [0.25, 0.3) is 0 Å². The van der Waals surface area contributed by atoms with Gasteiger partial charge in [0.05, 0.1) is 5.75 Å². The van der Waals surface area contributed by atoms with Gasteiger partial charge in [0.15, 0.2) is 0 Å². The molecule has 5 heteroatoms. The summed E-state index contributed by atoms with van der Waals surface area (Å²) in [5, 5.41) is 3.32. The first-order valence-electron chi connectivity index (χ1n) is 6.60. The molecule has 0 aromatic rings. The zero-order valence-corrected chi connectivity index (χ0v) is 12.1. The molecule has 0 radical (unpaired) electrons. The van der Waals surface area contributed by atoms with Crippen LogP contribution in [0.4, 0.5) is 0 Å². The molecule has 1 rings (SSSR count). The quantitative estimate of drug-likeness (QED) is 0.621. The minimum atomic E-state index is -3.13. The summed E-state index contributed by atoms with van der Waals surface area (Å²) >= 11 is 0. The number of rotatable bonds is 9. The third kappa shape index (κ3) is 7.01. The van der Waals surface area contributed by atoms with Gasteiger partial charge in [-0.25, -0.2) is 13.1 Å². The van der Waals surface area contributed by atoms with Crippen molar-refractivity contribution in [1.82, 2.24) is 10.0 Å². The Morgan fingerprint density at radius 3 is 2.47 bits per heavy atom. The minimum Gasteiger partial charge on any atom is -0.314 e. The molecule has 0 spiro atoms. The monoisotopic (exact) mass is 262 g/mol. The third-order valence-corrected chi connectivity index (χ3v) is 4.60. The van der Waals surface area contributed by atoms with Crippen LogP contribution in [0.25, 0.3) is 0 Å². The second-order valence-corrected chi connectivity index (χ2v) is 7.48. The summed E-state index contributed by atoms with van der Waals surface area (Å²) in [5.74, 6) is 0.222. The maximum absolute atomic E-state index is 11.8. The van der Waals surface area contributed by atoms with E-state index >= 15 is 0 Å². The van der Waals surface area contributed by atoms with E-state index in [1.165, 1.54) is 12.8 Å². The fraction of sp³-hybridized carbons (Fsp3) is 1.00. The van der Waals surface area contributed by atoms with E-state index in [1.54, 1.807) is 0 Å². The van der Waals surface area contributed by atoms with Crippen LogP contribution in [0.5, 0.6) is 0 Å². The molecule has 2 N–H and O–H groups in total. The van der Waals surface area contributed by atoms with Gasteiger partial charge in [-0.2, -0.15) is 0 Å². The summed E-state index contributed by atoms with van der Waals surface area (Å²) in [6.45, 7) is 6.75. The fourth-order valence-corrected chi connectivity index (χ4v) is 3.57. The first-order chi connectivity index (χ1) is 7.85. The third-order valence-electron chi connectivity index (χ3n) is 2.91. The highest BCUT2D eigenvalue weighted by molar-refractivity contribution is 7.89. The molecule has 17 heavy (non-hydrogen) atoms. The molecule has 0 bridgehead atoms. The van der Waals surface area contributed by atoms with Gasteiger partial charge in [0.2, 0.25) is 10.0 Å². The van der Waals surface area contributed by atoms with Crippen LogP contribution < -0.4 is 10.0 Å². The Hall–Kier alpha value is -0.130. The highest BCUT2D eigenvalue weighted by Crippen LogP contribution is 2.18. The predicted octanol–water partition coefficient (Wildman–Crippen LogP) is 1.63. The average Bonchev–Trinajstić information content (AvgIpc) is 2.93. The van der Waals surface area contributed by atoms with Gasteiger partial charge in [-0.3, -0.25) is 0 Å². The van der Waals surface area contributed by atoms with E-state index in [1.807, 2.05) is 13.8 Å². The van der Waals surface area contributed by atoms with E-state index in [4.69, 9.17) is 0 Å². The fourth-order valence-electron chi connectivity index (χ4n) is 2.00. The molecule has 102 valence electrons. The van der Waals surface area contributed by atoms with Crippen LogP contribution in [0.1, 0.15) is 52.9 Å². The molecule has 0 amide bonds. The van der Waals surface area contributed by atoms with Gasteiger partial charge in [-0.1, -0.05) is 13.3 Å². The predicted molar refractivity (Wildman–Crippen MR) is 71.6 cm³/mol. The van der Waals surface area contributed by atoms with Crippen LogP contribution in [0.15, 0.2) is 0 Å². The van der Waals surface area contributed by atoms with Crippen LogP contribution >= 0.6 is 0 Å². The maximum atomic E-state index is 11.8. The standard InChI is InChI=1S/C12H26N2O2S/c1-4-8-12(2,3)14-17(15,16)10-5-9-13-11-6-7-11/h11,13-14H,4-10H2,1-3H3. The zero-order valence-electron chi connectivity index (χ0n) is 11.3. The van der Waals surface area contributed by atoms with Crippen molar-refractivity contribution < 1.29 is 8.42 Å². The van der Waals surface area contributed by atoms with Crippen molar-refractivity contribution >= 4 is 10.0 Å². The Kier molecular flexibility index (Phi) is 5.41. The molecular formula is C12H26N2O2S. The number of sulfonamides is 1. The molecular weight excluding hydrogens is 236 g/mol. The lowest BCUT2D eigenvalue weighted by Crippen LogP contribution is -2.44. The molecule has 1 saturated carbocycles. The van der Waals surface area contributed by atoms with Crippen molar-refractivity contribution in [3.63, 3.8) is 0 Å². The molecule has 0 aliphatic heterocycles. The summed E-state index contributed by atoms with van der Waals surface area (Å²) in [5.41, 5.74) is -0.322. The van der Waals surface area contributed by atoms with E-state index in [9.17, 15) is 8.42 Å². The van der Waals surface area contributed by atoms with Gasteiger partial charge in [-0.15, -0.1) is 0 Å². The Bertz CT molecular complexity index is 321. The van der Waals surface area contributed by atoms with Crippen LogP contribution in [0.3, 0.4) is 0 Å². The largest absolute Gasteiger partial charge is 0.314 e. The van der Waals surface area contributed by atoms with Crippen LogP contribution in [-0.4, -0.2) is 32.3 Å². The minimum absolute atomic E-state index is 0.222. The van der Waals surface area contributed by atoms with Gasteiger partial charge in [-0.05, 0) is 46.1 Å². The lowest BCUT2D eigenvalue weighted by Gasteiger charge is -2.25. The van der Waals surface area contributed by atoms with E-state index in [0.29, 0.717) is 12.5 Å². The van der Waals surface area contributed by atoms with Crippen molar-refractivity contribution in [3.8, 4) is 0 Å². The summed E-state index contributed by atoms with van der Waals surface area (Å²) < 4.78 is 26.5. The van der Waals surface area contributed by atoms with Crippen LogP contribution in [0, 0.1) is 0 Å². The molecule has 0 heterocycles. The Balaban J connectivity index is 2.23. The highest BCUT2D eigenvalue weighted by Gasteiger charge is 2.24. The van der Waals surface area contributed by atoms with Crippen molar-refractivity contribution in [2.45, 2.75) is 64.5 Å². The first-order valence-corrected chi connectivity index (χ1v) is 8.25. The molecule has 0 unspecified atom stereocenters. The summed E-state index contributed by atoms with van der Waals surface area (Å²) in [6.07, 6.45) is 5.03. The lowest BCUT2D eigenvalue weighted by atomic mass is 10.0. The second kappa shape index (κ2) is 6.16. The van der Waals surface area contributed by atoms with Gasteiger partial charge < -0.3 is 5.32 Å². The molecule has 0 atom stereocenters. The molecule has 0 aromatic heterocycles. The van der Waals surface area contributed by atoms with Crippen LogP contribution in [0.2, 0.25) is 0 Å². The van der Waals surface area contributed by atoms with E-state index in [0.717, 1.165) is 19.4 Å². The normalized spacial score (nSPS) is 17.4. The van der Waals surface area contributed by atoms with Crippen LogP contribution in [-0.2, 0) is 10.0 Å². The molecule has 4 nitrogen and oxygen atoms in total. The summed E-state index contributed by atoms with van der Waals surface area (Å²) in [4.78, 5) is 0. The average molecular weight is 262 g/mol. The van der Waals surface area contributed by atoms with E-state index in [2.05, 4.69) is 17.0 Å². The van der Waals surface area contributed by atoms with E-state index in [-0.39, 0.29) is 11.3 Å². The Morgan fingerprint density at radius 1 is 1.29 bits per heavy atom. The molecule has 1 fully saturated rings. The number of hydrogen-bond acceptors (Lipinski definition) is 3. The van der Waals surface area contributed by atoms with Crippen molar-refractivity contribution in [2.24, 2.45) is 0 Å². The summed E-state index contributed by atoms with van der Waals surface area (Å²) in [6, 6.07) is 0.655. The van der Waals surface area contributed by atoms with Gasteiger partial charge >= 0.3 is 0 Å². The number of nitrogens with one attached hydrogen (secondary N) is 2. The first kappa shape index (κ1) is 14.9. The lowest BCUT2D eigenvalue weighted by molar-refractivity contribution is 0.417. The van der Waals surface area contributed by atoms with Crippen molar-refractivity contribution in [1.29, 1.82) is 0 Å². The smallest absolute Gasteiger partial charge is 0.212 e. The summed E-state index contributed by atoms with van der Waals surface area (Å²) in [7, 11) is -3.13. The van der Waals surface area contributed by atoms with Gasteiger partial charge in [0.1, 0.15) is 0 Å². The Labute approximate surface area is 106 Å². The van der Waals surface area contributed by atoms with E-state index < -0.39 is 10.0 Å². The zero-order chi connectivity index (χ0) is 12.9. The highest BCUT2D eigenvalue weighted by atomic mass is 32.2. The molecule has 1 aliphatic carbocycles. The Morgan fingerprint density at radius 2 is 1.94 bits per heavy atom. The van der Waals surface area contributed by atoms with Gasteiger partial charge in [0, 0.05) is 11.6 Å². The molecule has 0 aromatic carbocycles. The molecule has 1 aliphatic rings. The topological polar surface area (TPSA) is 58.2 Å². The SMILES string of the molecule is CCCC(C)(C)NS(=O)(=O)CCCNC1CC1. The van der Waals surface area contributed by atoms with Crippen molar-refractivity contribution in [2.75, 3.05) is 12.3 Å².